The maximum absolute atomic E-state index is 13.8. The first-order valence-corrected chi connectivity index (χ1v) is 5.91. The van der Waals surface area contributed by atoms with Gasteiger partial charge in [0, 0.05) is 12.6 Å². The van der Waals surface area contributed by atoms with Gasteiger partial charge in [-0.05, 0) is 5.56 Å². The quantitative estimate of drug-likeness (QED) is 0.671. The van der Waals surface area contributed by atoms with Crippen molar-refractivity contribution in [1.82, 2.24) is 0 Å². The Hall–Kier alpha value is -2.63. The van der Waals surface area contributed by atoms with Crippen LogP contribution in [0.5, 0.6) is 5.75 Å². The van der Waals surface area contributed by atoms with Crippen molar-refractivity contribution in [3.8, 4) is 5.75 Å². The summed E-state index contributed by atoms with van der Waals surface area (Å²) in [5, 5.41) is 13.7. The lowest BCUT2D eigenvalue weighted by molar-refractivity contribution is -0.385. The number of methoxy groups -OCH3 is 1. The first kappa shape index (κ1) is 13.8. The van der Waals surface area contributed by atoms with Crippen LogP contribution in [0.15, 0.2) is 42.5 Å². The number of anilines is 1. The van der Waals surface area contributed by atoms with E-state index in [-0.39, 0.29) is 11.4 Å². The SMILES string of the molecule is COc1cc(NCc2ccccc2)c(F)cc1[N+](=O)[O-]. The lowest BCUT2D eigenvalue weighted by Gasteiger charge is -2.10. The topological polar surface area (TPSA) is 64.4 Å². The second-order valence-electron chi connectivity index (χ2n) is 4.10. The largest absolute Gasteiger partial charge is 0.490 e. The van der Waals surface area contributed by atoms with Crippen LogP contribution in [0, 0.1) is 15.9 Å². The van der Waals surface area contributed by atoms with Gasteiger partial charge in [0.05, 0.1) is 23.8 Å². The fourth-order valence-electron chi connectivity index (χ4n) is 1.78. The van der Waals surface area contributed by atoms with Gasteiger partial charge < -0.3 is 10.1 Å². The first-order chi connectivity index (χ1) is 9.61. The molecule has 0 radical (unpaired) electrons. The minimum Gasteiger partial charge on any atom is -0.490 e. The smallest absolute Gasteiger partial charge is 0.313 e. The zero-order valence-corrected chi connectivity index (χ0v) is 10.8. The molecular formula is C14H13FN2O3. The highest BCUT2D eigenvalue weighted by Gasteiger charge is 2.18. The van der Waals surface area contributed by atoms with Crippen molar-refractivity contribution in [1.29, 1.82) is 0 Å². The Morgan fingerprint density at radius 2 is 2.00 bits per heavy atom. The van der Waals surface area contributed by atoms with Gasteiger partial charge in [-0.15, -0.1) is 0 Å². The molecule has 0 atom stereocenters. The standard InChI is InChI=1S/C14H13FN2O3/c1-20-14-8-12(11(15)7-13(14)17(18)19)16-9-10-5-3-2-4-6-10/h2-8,16H,9H2,1H3. The van der Waals surface area contributed by atoms with E-state index in [4.69, 9.17) is 4.74 Å². The molecule has 2 rings (SSSR count). The lowest BCUT2D eigenvalue weighted by atomic mass is 10.2. The van der Waals surface area contributed by atoms with Crippen molar-refractivity contribution >= 4 is 11.4 Å². The number of halogens is 1. The average molecular weight is 276 g/mol. The van der Waals surface area contributed by atoms with Crippen LogP contribution in [0.3, 0.4) is 0 Å². The van der Waals surface area contributed by atoms with Gasteiger partial charge in [0.2, 0.25) is 0 Å². The highest BCUT2D eigenvalue weighted by Crippen LogP contribution is 2.32. The molecule has 1 N–H and O–H groups in total. The van der Waals surface area contributed by atoms with Crippen LogP contribution in [0.25, 0.3) is 0 Å². The number of hydrogen-bond acceptors (Lipinski definition) is 4. The Morgan fingerprint density at radius 1 is 1.30 bits per heavy atom. The maximum atomic E-state index is 13.8. The van der Waals surface area contributed by atoms with Gasteiger partial charge in [-0.2, -0.15) is 0 Å². The molecule has 0 aliphatic carbocycles. The number of nitrogens with zero attached hydrogens (tertiary/aromatic N) is 1. The second kappa shape index (κ2) is 6.01. The molecule has 0 saturated heterocycles. The molecule has 0 saturated carbocycles. The van der Waals surface area contributed by atoms with Gasteiger partial charge in [-0.3, -0.25) is 10.1 Å². The third kappa shape index (κ3) is 3.03. The van der Waals surface area contributed by atoms with Gasteiger partial charge in [0.15, 0.2) is 11.6 Å². The van der Waals surface area contributed by atoms with Crippen LogP contribution >= 0.6 is 0 Å². The minimum atomic E-state index is -0.687. The normalized spacial score (nSPS) is 10.1. The van der Waals surface area contributed by atoms with E-state index >= 15 is 0 Å². The van der Waals surface area contributed by atoms with E-state index in [1.165, 1.54) is 13.2 Å². The monoisotopic (exact) mass is 276 g/mol. The number of nitro benzene ring substituents is 1. The molecular weight excluding hydrogens is 263 g/mol. The molecule has 0 unspecified atom stereocenters. The number of rotatable bonds is 5. The minimum absolute atomic E-state index is 0.0203. The van der Waals surface area contributed by atoms with Gasteiger partial charge in [0.25, 0.3) is 0 Å². The van der Waals surface area contributed by atoms with Crippen LogP contribution in [0.4, 0.5) is 15.8 Å². The van der Waals surface area contributed by atoms with E-state index < -0.39 is 16.4 Å². The van der Waals surface area contributed by atoms with Crippen LogP contribution in [0.2, 0.25) is 0 Å². The molecule has 2 aromatic carbocycles. The molecule has 20 heavy (non-hydrogen) atoms. The van der Waals surface area contributed by atoms with Crippen molar-refractivity contribution < 1.29 is 14.1 Å². The molecule has 5 nitrogen and oxygen atoms in total. The lowest BCUT2D eigenvalue weighted by Crippen LogP contribution is -2.03. The molecule has 0 aliphatic rings. The summed E-state index contributed by atoms with van der Waals surface area (Å²) in [6, 6.07) is 11.6. The summed E-state index contributed by atoms with van der Waals surface area (Å²) in [5.41, 5.74) is 0.746. The predicted molar refractivity (Wildman–Crippen MR) is 73.4 cm³/mol. The maximum Gasteiger partial charge on any atom is 0.313 e. The third-order valence-corrected chi connectivity index (χ3v) is 2.79. The Morgan fingerprint density at radius 3 is 2.60 bits per heavy atom. The molecule has 0 amide bonds. The first-order valence-electron chi connectivity index (χ1n) is 5.91. The highest BCUT2D eigenvalue weighted by atomic mass is 19.1. The molecule has 0 heterocycles. The second-order valence-corrected chi connectivity index (χ2v) is 4.10. The van der Waals surface area contributed by atoms with Gasteiger partial charge in [-0.25, -0.2) is 4.39 Å². The summed E-state index contributed by atoms with van der Waals surface area (Å²) in [7, 11) is 1.31. The fraction of sp³-hybridized carbons (Fsp3) is 0.143. The van der Waals surface area contributed by atoms with Crippen molar-refractivity contribution in [3.05, 3.63) is 64.0 Å². The average Bonchev–Trinajstić information content (AvgIpc) is 2.46. The van der Waals surface area contributed by atoms with Gasteiger partial charge in [0.1, 0.15) is 0 Å². The predicted octanol–water partition coefficient (Wildman–Crippen LogP) is 3.35. The Kier molecular flexibility index (Phi) is 4.14. The zero-order chi connectivity index (χ0) is 14.5. The Balaban J connectivity index is 2.22. The van der Waals surface area contributed by atoms with Crippen molar-refractivity contribution in [3.63, 3.8) is 0 Å². The number of nitro groups is 1. The molecule has 104 valence electrons. The summed E-state index contributed by atoms with van der Waals surface area (Å²) in [4.78, 5) is 10.1. The van der Waals surface area contributed by atoms with Gasteiger partial charge >= 0.3 is 5.69 Å². The van der Waals surface area contributed by atoms with Gasteiger partial charge in [-0.1, -0.05) is 30.3 Å². The van der Waals surface area contributed by atoms with E-state index in [1.54, 1.807) is 0 Å². The fourth-order valence-corrected chi connectivity index (χ4v) is 1.78. The van der Waals surface area contributed by atoms with E-state index in [1.807, 2.05) is 30.3 Å². The Labute approximate surface area is 115 Å². The van der Waals surface area contributed by atoms with Crippen LogP contribution in [-0.4, -0.2) is 12.0 Å². The van der Waals surface area contributed by atoms with E-state index in [2.05, 4.69) is 5.32 Å². The number of hydrogen-bond donors (Lipinski definition) is 1. The number of ether oxygens (including phenoxy) is 1. The molecule has 0 aromatic heterocycles. The number of benzene rings is 2. The van der Waals surface area contributed by atoms with E-state index in [9.17, 15) is 14.5 Å². The van der Waals surface area contributed by atoms with Crippen molar-refractivity contribution in [2.24, 2.45) is 0 Å². The number of nitrogens with one attached hydrogen (secondary N) is 1. The zero-order valence-electron chi connectivity index (χ0n) is 10.8. The molecule has 6 heteroatoms. The Bertz CT molecular complexity index is 617. The van der Waals surface area contributed by atoms with Crippen molar-refractivity contribution in [2.75, 3.05) is 12.4 Å². The van der Waals surface area contributed by atoms with Crippen molar-refractivity contribution in [2.45, 2.75) is 6.54 Å². The molecule has 0 spiro atoms. The molecule has 0 aliphatic heterocycles. The summed E-state index contributed by atoms with van der Waals surface area (Å²) >= 11 is 0. The van der Waals surface area contributed by atoms with E-state index in [0.29, 0.717) is 6.54 Å². The highest BCUT2D eigenvalue weighted by molar-refractivity contribution is 5.59. The third-order valence-electron chi connectivity index (χ3n) is 2.79. The molecule has 0 bridgehead atoms. The summed E-state index contributed by atoms with van der Waals surface area (Å²) in [5.74, 6) is -0.666. The molecule has 2 aromatic rings. The molecule has 0 fully saturated rings. The van der Waals surface area contributed by atoms with Crippen LogP contribution in [-0.2, 0) is 6.54 Å². The van der Waals surface area contributed by atoms with Crippen LogP contribution < -0.4 is 10.1 Å². The van der Waals surface area contributed by atoms with Crippen LogP contribution in [0.1, 0.15) is 5.56 Å². The van der Waals surface area contributed by atoms with E-state index in [0.717, 1.165) is 11.6 Å². The summed E-state index contributed by atoms with van der Waals surface area (Å²) in [6.07, 6.45) is 0. The summed E-state index contributed by atoms with van der Waals surface area (Å²) < 4.78 is 18.7. The summed E-state index contributed by atoms with van der Waals surface area (Å²) in [6.45, 7) is 0.415.